The Hall–Kier alpha value is -2.44. The third kappa shape index (κ3) is 3.23. The summed E-state index contributed by atoms with van der Waals surface area (Å²) < 4.78 is 11.4. The maximum Gasteiger partial charge on any atom is 0.231 e. The molecular formula is C19H21N3O3. The number of fused-ring (bicyclic) bond motifs is 1. The summed E-state index contributed by atoms with van der Waals surface area (Å²) >= 11 is 0. The molecule has 25 heavy (non-hydrogen) atoms. The SMILES string of the molecule is OCCC1(CNc2ncnc3oc(-c4ccccc4)cc23)CCOC1. The number of nitrogens with zero attached hydrogens (tertiary/aromatic N) is 2. The van der Waals surface area contributed by atoms with Crippen LogP contribution in [0.1, 0.15) is 12.8 Å². The molecule has 1 aromatic carbocycles. The van der Waals surface area contributed by atoms with Gasteiger partial charge in [0.2, 0.25) is 5.71 Å². The first-order chi connectivity index (χ1) is 12.3. The minimum atomic E-state index is -0.0436. The van der Waals surface area contributed by atoms with Crippen LogP contribution in [0.3, 0.4) is 0 Å². The fourth-order valence-corrected chi connectivity index (χ4v) is 3.32. The van der Waals surface area contributed by atoms with Crippen molar-refractivity contribution in [2.75, 3.05) is 31.7 Å². The minimum Gasteiger partial charge on any atom is -0.438 e. The highest BCUT2D eigenvalue weighted by molar-refractivity contribution is 5.89. The topological polar surface area (TPSA) is 80.4 Å². The Morgan fingerprint density at radius 3 is 2.84 bits per heavy atom. The second-order valence-electron chi connectivity index (χ2n) is 6.55. The van der Waals surface area contributed by atoms with E-state index in [0.717, 1.165) is 42.0 Å². The van der Waals surface area contributed by atoms with E-state index < -0.39 is 0 Å². The highest BCUT2D eigenvalue weighted by atomic mass is 16.5. The lowest BCUT2D eigenvalue weighted by Gasteiger charge is -2.27. The summed E-state index contributed by atoms with van der Waals surface area (Å²) in [5, 5.41) is 13.6. The summed E-state index contributed by atoms with van der Waals surface area (Å²) in [4.78, 5) is 8.62. The molecule has 0 bridgehead atoms. The molecule has 2 aromatic heterocycles. The molecule has 1 atom stereocenters. The Kier molecular flexibility index (Phi) is 4.38. The molecule has 3 aromatic rings. The second-order valence-corrected chi connectivity index (χ2v) is 6.55. The van der Waals surface area contributed by atoms with Gasteiger partial charge < -0.3 is 19.6 Å². The molecule has 130 valence electrons. The monoisotopic (exact) mass is 339 g/mol. The van der Waals surface area contributed by atoms with E-state index in [4.69, 9.17) is 9.15 Å². The molecule has 0 radical (unpaired) electrons. The van der Waals surface area contributed by atoms with Crippen molar-refractivity contribution >= 4 is 16.9 Å². The number of ether oxygens (including phenoxy) is 1. The van der Waals surface area contributed by atoms with Crippen LogP contribution in [0.15, 0.2) is 47.1 Å². The summed E-state index contributed by atoms with van der Waals surface area (Å²) in [5.41, 5.74) is 1.53. The first-order valence-electron chi connectivity index (χ1n) is 8.52. The summed E-state index contributed by atoms with van der Waals surface area (Å²) in [5.74, 6) is 1.52. The zero-order valence-electron chi connectivity index (χ0n) is 13.9. The summed E-state index contributed by atoms with van der Waals surface area (Å²) in [6, 6.07) is 11.9. The van der Waals surface area contributed by atoms with Crippen molar-refractivity contribution in [1.82, 2.24) is 9.97 Å². The zero-order valence-corrected chi connectivity index (χ0v) is 13.9. The Morgan fingerprint density at radius 1 is 1.20 bits per heavy atom. The van der Waals surface area contributed by atoms with E-state index >= 15 is 0 Å². The standard InChI is InChI=1S/C19H21N3O3/c23-8-6-19(7-9-24-12-19)11-20-17-15-10-16(14-4-2-1-3-5-14)25-18(15)22-13-21-17/h1-5,10,13,23H,6-9,11-12H2,(H,20,21,22). The van der Waals surface area contributed by atoms with Crippen LogP contribution in [0.5, 0.6) is 0 Å². The average molecular weight is 339 g/mol. The van der Waals surface area contributed by atoms with E-state index in [1.807, 2.05) is 36.4 Å². The third-order valence-corrected chi connectivity index (χ3v) is 4.85. The van der Waals surface area contributed by atoms with Gasteiger partial charge in [-0.3, -0.25) is 0 Å². The summed E-state index contributed by atoms with van der Waals surface area (Å²) in [6.45, 7) is 2.26. The van der Waals surface area contributed by atoms with Gasteiger partial charge in [-0.15, -0.1) is 0 Å². The van der Waals surface area contributed by atoms with E-state index in [0.29, 0.717) is 18.9 Å². The predicted octanol–water partition coefficient (Wildman–Crippen LogP) is 3.09. The molecule has 1 aliphatic rings. The van der Waals surface area contributed by atoms with E-state index in [1.165, 1.54) is 6.33 Å². The lowest BCUT2D eigenvalue weighted by Crippen LogP contribution is -2.31. The number of aromatic nitrogens is 2. The summed E-state index contributed by atoms with van der Waals surface area (Å²) in [7, 11) is 0. The van der Waals surface area contributed by atoms with Crippen LogP contribution in [0.4, 0.5) is 5.82 Å². The third-order valence-electron chi connectivity index (χ3n) is 4.85. The van der Waals surface area contributed by atoms with Gasteiger partial charge in [-0.25, -0.2) is 9.97 Å². The van der Waals surface area contributed by atoms with Gasteiger partial charge in [0.05, 0.1) is 12.0 Å². The molecule has 0 spiro atoms. The molecule has 6 nitrogen and oxygen atoms in total. The van der Waals surface area contributed by atoms with Crippen molar-refractivity contribution in [2.24, 2.45) is 5.41 Å². The largest absolute Gasteiger partial charge is 0.438 e. The van der Waals surface area contributed by atoms with Crippen molar-refractivity contribution in [3.63, 3.8) is 0 Å². The van der Waals surface area contributed by atoms with E-state index in [2.05, 4.69) is 15.3 Å². The summed E-state index contributed by atoms with van der Waals surface area (Å²) in [6.07, 6.45) is 3.16. The van der Waals surface area contributed by atoms with Crippen molar-refractivity contribution in [3.05, 3.63) is 42.7 Å². The molecule has 4 rings (SSSR count). The van der Waals surface area contributed by atoms with Gasteiger partial charge in [-0.1, -0.05) is 30.3 Å². The molecular weight excluding hydrogens is 318 g/mol. The Labute approximate surface area is 145 Å². The van der Waals surface area contributed by atoms with E-state index in [9.17, 15) is 5.11 Å². The number of benzene rings is 1. The van der Waals surface area contributed by atoms with E-state index in [1.54, 1.807) is 0 Å². The Morgan fingerprint density at radius 2 is 2.08 bits per heavy atom. The Bertz CT molecular complexity index is 842. The van der Waals surface area contributed by atoms with Crippen molar-refractivity contribution in [1.29, 1.82) is 0 Å². The van der Waals surface area contributed by atoms with Crippen LogP contribution < -0.4 is 5.32 Å². The maximum atomic E-state index is 9.37. The normalized spacial score (nSPS) is 20.2. The van der Waals surface area contributed by atoms with Gasteiger partial charge in [0.15, 0.2) is 0 Å². The van der Waals surface area contributed by atoms with Gasteiger partial charge in [0, 0.05) is 30.7 Å². The maximum absolute atomic E-state index is 9.37. The lowest BCUT2D eigenvalue weighted by atomic mass is 9.84. The quantitative estimate of drug-likeness (QED) is 0.718. The number of rotatable bonds is 6. The molecule has 1 aliphatic heterocycles. The fourth-order valence-electron chi connectivity index (χ4n) is 3.32. The molecule has 3 heterocycles. The number of hydrogen-bond acceptors (Lipinski definition) is 6. The highest BCUT2D eigenvalue weighted by Gasteiger charge is 2.34. The number of hydrogen-bond donors (Lipinski definition) is 2. The van der Waals surface area contributed by atoms with Gasteiger partial charge in [-0.05, 0) is 18.9 Å². The van der Waals surface area contributed by atoms with Crippen molar-refractivity contribution in [2.45, 2.75) is 12.8 Å². The zero-order chi connectivity index (χ0) is 17.1. The van der Waals surface area contributed by atoms with Crippen LogP contribution in [0, 0.1) is 5.41 Å². The second kappa shape index (κ2) is 6.82. The highest BCUT2D eigenvalue weighted by Crippen LogP contribution is 2.34. The smallest absolute Gasteiger partial charge is 0.231 e. The van der Waals surface area contributed by atoms with Crippen LogP contribution in [-0.2, 0) is 4.74 Å². The Balaban J connectivity index is 1.60. The molecule has 1 unspecified atom stereocenters. The van der Waals surface area contributed by atoms with Crippen LogP contribution in [-0.4, -0.2) is 41.4 Å². The van der Waals surface area contributed by atoms with Crippen molar-refractivity contribution < 1.29 is 14.3 Å². The molecule has 6 heteroatoms. The lowest BCUT2D eigenvalue weighted by molar-refractivity contribution is 0.133. The molecule has 1 saturated heterocycles. The number of aliphatic hydroxyl groups is 1. The molecule has 2 N–H and O–H groups in total. The molecule has 0 amide bonds. The number of anilines is 1. The first kappa shape index (κ1) is 16.1. The number of aliphatic hydroxyl groups excluding tert-OH is 1. The van der Waals surface area contributed by atoms with E-state index in [-0.39, 0.29) is 12.0 Å². The van der Waals surface area contributed by atoms with Crippen LogP contribution in [0.25, 0.3) is 22.4 Å². The number of furan rings is 1. The van der Waals surface area contributed by atoms with Gasteiger partial charge in [-0.2, -0.15) is 0 Å². The average Bonchev–Trinajstić information content (AvgIpc) is 3.28. The molecule has 0 saturated carbocycles. The fraction of sp³-hybridized carbons (Fsp3) is 0.368. The predicted molar refractivity (Wildman–Crippen MR) is 95.3 cm³/mol. The molecule has 1 fully saturated rings. The first-order valence-corrected chi connectivity index (χ1v) is 8.52. The van der Waals surface area contributed by atoms with Crippen LogP contribution in [0.2, 0.25) is 0 Å². The van der Waals surface area contributed by atoms with Gasteiger partial charge in [0.1, 0.15) is 17.9 Å². The number of nitrogens with one attached hydrogen (secondary N) is 1. The van der Waals surface area contributed by atoms with Crippen molar-refractivity contribution in [3.8, 4) is 11.3 Å². The molecule has 0 aliphatic carbocycles. The van der Waals surface area contributed by atoms with Gasteiger partial charge in [0.25, 0.3) is 0 Å². The van der Waals surface area contributed by atoms with Gasteiger partial charge >= 0.3 is 0 Å². The van der Waals surface area contributed by atoms with Crippen LogP contribution >= 0.6 is 0 Å². The minimum absolute atomic E-state index is 0.0436.